The average Bonchev–Trinajstić information content (AvgIpc) is 2.86. The highest BCUT2D eigenvalue weighted by Gasteiger charge is 2.20. The van der Waals surface area contributed by atoms with Crippen LogP contribution >= 0.6 is 11.3 Å². The van der Waals surface area contributed by atoms with Gasteiger partial charge in [0.05, 0.1) is 10.6 Å². The average molecular weight is 286 g/mol. The summed E-state index contributed by atoms with van der Waals surface area (Å²) in [5, 5.41) is 12.2. The zero-order chi connectivity index (χ0) is 14.8. The number of hydrogen-bond donors (Lipinski definition) is 1. The molecule has 5 heteroatoms. The van der Waals surface area contributed by atoms with E-state index in [0.717, 1.165) is 28.8 Å². The summed E-state index contributed by atoms with van der Waals surface area (Å²) in [4.78, 5) is 10.9. The Hall–Kier alpha value is -1.93. The van der Waals surface area contributed by atoms with Gasteiger partial charge in [0.2, 0.25) is 0 Å². The lowest BCUT2D eigenvalue weighted by Gasteiger charge is -2.18. The first-order chi connectivity index (χ1) is 9.44. The fourth-order valence-corrected chi connectivity index (χ4v) is 2.48. The van der Waals surface area contributed by atoms with Crippen molar-refractivity contribution in [2.45, 2.75) is 33.1 Å². The Morgan fingerprint density at radius 1 is 1.30 bits per heavy atom. The van der Waals surface area contributed by atoms with Gasteiger partial charge in [-0.1, -0.05) is 20.8 Å². The second-order valence-electron chi connectivity index (χ2n) is 5.52. The van der Waals surface area contributed by atoms with E-state index < -0.39 is 0 Å². The van der Waals surface area contributed by atoms with Gasteiger partial charge in [-0.3, -0.25) is 0 Å². The molecular weight excluding hydrogens is 268 g/mol. The van der Waals surface area contributed by atoms with Gasteiger partial charge in [-0.05, 0) is 19.1 Å². The summed E-state index contributed by atoms with van der Waals surface area (Å²) in [6.45, 7) is 9.14. The number of rotatable bonds is 3. The molecule has 0 saturated heterocycles. The summed E-state index contributed by atoms with van der Waals surface area (Å²) < 4.78 is 0. The van der Waals surface area contributed by atoms with Crippen molar-refractivity contribution in [3.63, 3.8) is 0 Å². The van der Waals surface area contributed by atoms with Crippen molar-refractivity contribution in [1.82, 2.24) is 9.97 Å². The first-order valence-corrected chi connectivity index (χ1v) is 7.39. The smallest absolute Gasteiger partial charge is 0.136 e. The third-order valence-electron chi connectivity index (χ3n) is 2.72. The van der Waals surface area contributed by atoms with Crippen LogP contribution in [0, 0.1) is 11.3 Å². The molecule has 0 atom stereocenters. The molecule has 2 rings (SSSR count). The number of nitrogens with zero attached hydrogens (tertiary/aromatic N) is 3. The highest BCUT2D eigenvalue weighted by molar-refractivity contribution is 7.15. The van der Waals surface area contributed by atoms with Crippen LogP contribution < -0.4 is 5.32 Å². The molecule has 0 aliphatic heterocycles. The van der Waals surface area contributed by atoms with Gasteiger partial charge >= 0.3 is 0 Å². The van der Waals surface area contributed by atoms with Crippen LogP contribution in [-0.2, 0) is 5.41 Å². The molecule has 0 aliphatic carbocycles. The van der Waals surface area contributed by atoms with Crippen LogP contribution in [0.5, 0.6) is 0 Å². The lowest BCUT2D eigenvalue weighted by atomic mass is 9.95. The maximum Gasteiger partial charge on any atom is 0.136 e. The Morgan fingerprint density at radius 2 is 2.05 bits per heavy atom. The van der Waals surface area contributed by atoms with Crippen molar-refractivity contribution in [2.24, 2.45) is 0 Å². The summed E-state index contributed by atoms with van der Waals surface area (Å²) in [5.41, 5.74) is 0.752. The molecule has 2 heterocycles. The standard InChI is InChI=1S/C15H18N4S/c1-5-17-13-8-11(12-7-6-10(9-16)20-12)18-14(19-13)15(2,3)4/h6-8H,5H2,1-4H3,(H,17,18,19). The predicted molar refractivity (Wildman–Crippen MR) is 82.9 cm³/mol. The molecule has 0 unspecified atom stereocenters. The summed E-state index contributed by atoms with van der Waals surface area (Å²) in [6.07, 6.45) is 0. The molecule has 0 aromatic carbocycles. The number of nitrogens with one attached hydrogen (secondary N) is 1. The first kappa shape index (κ1) is 14.5. The molecule has 1 N–H and O–H groups in total. The molecule has 4 nitrogen and oxygen atoms in total. The molecule has 0 spiro atoms. The lowest BCUT2D eigenvalue weighted by molar-refractivity contribution is 0.547. The number of hydrogen-bond acceptors (Lipinski definition) is 5. The Labute approximate surface area is 123 Å². The summed E-state index contributed by atoms with van der Waals surface area (Å²) in [6, 6.07) is 7.86. The SMILES string of the molecule is CCNc1cc(-c2ccc(C#N)s2)nc(C(C)(C)C)n1. The normalized spacial score (nSPS) is 11.2. The van der Waals surface area contributed by atoms with E-state index in [0.29, 0.717) is 4.88 Å². The van der Waals surface area contributed by atoms with E-state index in [1.165, 1.54) is 11.3 Å². The summed E-state index contributed by atoms with van der Waals surface area (Å²) >= 11 is 1.45. The Balaban J connectivity index is 2.52. The van der Waals surface area contributed by atoms with E-state index in [4.69, 9.17) is 5.26 Å². The van der Waals surface area contributed by atoms with Crippen molar-refractivity contribution in [2.75, 3.05) is 11.9 Å². The van der Waals surface area contributed by atoms with Crippen molar-refractivity contribution in [3.8, 4) is 16.6 Å². The fourth-order valence-electron chi connectivity index (χ4n) is 1.72. The van der Waals surface area contributed by atoms with E-state index in [-0.39, 0.29) is 5.41 Å². The minimum Gasteiger partial charge on any atom is -0.370 e. The second-order valence-corrected chi connectivity index (χ2v) is 6.60. The third kappa shape index (κ3) is 3.14. The van der Waals surface area contributed by atoms with Crippen LogP contribution in [0.25, 0.3) is 10.6 Å². The van der Waals surface area contributed by atoms with E-state index in [9.17, 15) is 0 Å². The van der Waals surface area contributed by atoms with Crippen molar-refractivity contribution in [3.05, 3.63) is 28.9 Å². The van der Waals surface area contributed by atoms with Gasteiger partial charge in [-0.2, -0.15) is 5.26 Å². The Kier molecular flexibility index (Phi) is 4.05. The maximum absolute atomic E-state index is 8.94. The van der Waals surface area contributed by atoms with Gasteiger partial charge < -0.3 is 5.32 Å². The van der Waals surface area contributed by atoms with Gasteiger partial charge in [0.1, 0.15) is 22.6 Å². The second kappa shape index (κ2) is 5.59. The monoisotopic (exact) mass is 286 g/mol. The zero-order valence-electron chi connectivity index (χ0n) is 12.2. The van der Waals surface area contributed by atoms with E-state index in [1.54, 1.807) is 0 Å². The lowest BCUT2D eigenvalue weighted by Crippen LogP contribution is -2.17. The summed E-state index contributed by atoms with van der Waals surface area (Å²) in [7, 11) is 0. The van der Waals surface area contributed by atoms with Crippen molar-refractivity contribution < 1.29 is 0 Å². The van der Waals surface area contributed by atoms with E-state index in [2.05, 4.69) is 42.1 Å². The molecule has 0 fully saturated rings. The minimum absolute atomic E-state index is 0.116. The van der Waals surface area contributed by atoms with Gasteiger partial charge in [0.25, 0.3) is 0 Å². The van der Waals surface area contributed by atoms with Crippen LogP contribution in [0.3, 0.4) is 0 Å². The van der Waals surface area contributed by atoms with Gasteiger partial charge in [0.15, 0.2) is 0 Å². The van der Waals surface area contributed by atoms with Crippen molar-refractivity contribution in [1.29, 1.82) is 5.26 Å². The molecule has 2 aromatic rings. The van der Waals surface area contributed by atoms with Gasteiger partial charge in [-0.15, -0.1) is 11.3 Å². The van der Waals surface area contributed by atoms with E-state index in [1.807, 2.05) is 25.1 Å². The highest BCUT2D eigenvalue weighted by Crippen LogP contribution is 2.30. The molecule has 0 bridgehead atoms. The molecule has 0 radical (unpaired) electrons. The molecule has 0 amide bonds. The maximum atomic E-state index is 8.94. The predicted octanol–water partition coefficient (Wildman–Crippen LogP) is 3.81. The number of thiophene rings is 1. The van der Waals surface area contributed by atoms with Crippen LogP contribution in [0.1, 0.15) is 38.4 Å². The van der Waals surface area contributed by atoms with E-state index >= 15 is 0 Å². The Morgan fingerprint density at radius 3 is 2.60 bits per heavy atom. The third-order valence-corrected chi connectivity index (χ3v) is 3.74. The van der Waals surface area contributed by atoms with Crippen LogP contribution in [0.2, 0.25) is 0 Å². The summed E-state index contributed by atoms with van der Waals surface area (Å²) in [5.74, 6) is 1.63. The molecule has 0 saturated carbocycles. The molecule has 2 aromatic heterocycles. The topological polar surface area (TPSA) is 61.6 Å². The van der Waals surface area contributed by atoms with Gasteiger partial charge in [0, 0.05) is 18.0 Å². The minimum atomic E-state index is -0.116. The van der Waals surface area contributed by atoms with Crippen molar-refractivity contribution >= 4 is 17.2 Å². The largest absolute Gasteiger partial charge is 0.370 e. The van der Waals surface area contributed by atoms with Crippen LogP contribution in [0.4, 0.5) is 5.82 Å². The molecule has 20 heavy (non-hydrogen) atoms. The zero-order valence-corrected chi connectivity index (χ0v) is 13.0. The first-order valence-electron chi connectivity index (χ1n) is 6.57. The van der Waals surface area contributed by atoms with Crippen LogP contribution in [0.15, 0.2) is 18.2 Å². The Bertz CT molecular complexity index is 647. The molecular formula is C15H18N4S. The molecule has 0 aliphatic rings. The fraction of sp³-hybridized carbons (Fsp3) is 0.400. The van der Waals surface area contributed by atoms with Gasteiger partial charge in [-0.25, -0.2) is 9.97 Å². The highest BCUT2D eigenvalue weighted by atomic mass is 32.1. The number of aromatic nitrogens is 2. The van der Waals surface area contributed by atoms with Crippen LogP contribution in [-0.4, -0.2) is 16.5 Å². The molecule has 104 valence electrons. The number of nitriles is 1. The quantitative estimate of drug-likeness (QED) is 0.932. The number of anilines is 1.